The monoisotopic (exact) mass is 371 g/mol. The number of hydrogen-bond donors (Lipinski definition) is 0. The molecule has 3 aromatic rings. The molecule has 0 saturated heterocycles. The first-order valence-corrected chi connectivity index (χ1v) is 9.38. The fourth-order valence-corrected chi connectivity index (χ4v) is 3.38. The van der Waals surface area contributed by atoms with Crippen LogP contribution in [0.25, 0.3) is 11.3 Å². The Morgan fingerprint density at radius 3 is 2.35 bits per heavy atom. The van der Waals surface area contributed by atoms with Crippen LogP contribution in [-0.2, 0) is 14.8 Å². The molecule has 134 valence electrons. The zero-order chi connectivity index (χ0) is 18.7. The lowest BCUT2D eigenvalue weighted by Crippen LogP contribution is -2.13. The van der Waals surface area contributed by atoms with Gasteiger partial charge < -0.3 is 4.74 Å². The first-order chi connectivity index (χ1) is 12.4. The summed E-state index contributed by atoms with van der Waals surface area (Å²) in [4.78, 5) is 11.8. The second-order valence-electron chi connectivity index (χ2n) is 5.59. The predicted molar refractivity (Wildman–Crippen MR) is 95.2 cm³/mol. The minimum Gasteiger partial charge on any atom is -0.462 e. The lowest BCUT2D eigenvalue weighted by molar-refractivity contribution is 0.0526. The van der Waals surface area contributed by atoms with E-state index < -0.39 is 16.0 Å². The second-order valence-corrected chi connectivity index (χ2v) is 7.39. The van der Waals surface area contributed by atoms with E-state index in [1.165, 1.54) is 18.3 Å². The standard InChI is InChI=1S/C18H17N3O4S/c1-3-25-18(22)15-8-6-14(7-9-15)17-12-21(20-19-17)26(23,24)16-10-4-13(2)5-11-16/h4-12H,3H2,1-2H3. The molecule has 0 aliphatic heterocycles. The van der Waals surface area contributed by atoms with Crippen LogP contribution in [0.3, 0.4) is 0 Å². The van der Waals surface area contributed by atoms with Gasteiger partial charge in [-0.25, -0.2) is 4.79 Å². The Balaban J connectivity index is 1.88. The van der Waals surface area contributed by atoms with Crippen LogP contribution in [0.2, 0.25) is 0 Å². The third kappa shape index (κ3) is 3.50. The Bertz CT molecular complexity index is 1020. The van der Waals surface area contributed by atoms with Crippen LogP contribution in [0.15, 0.2) is 59.6 Å². The van der Waals surface area contributed by atoms with Gasteiger partial charge in [0.2, 0.25) is 0 Å². The number of esters is 1. The highest BCUT2D eigenvalue weighted by Crippen LogP contribution is 2.20. The van der Waals surface area contributed by atoms with Crippen molar-refractivity contribution in [2.75, 3.05) is 6.61 Å². The number of benzene rings is 2. The summed E-state index contributed by atoms with van der Waals surface area (Å²) in [6.45, 7) is 3.91. The quantitative estimate of drug-likeness (QED) is 0.641. The number of hydrogen-bond acceptors (Lipinski definition) is 6. The lowest BCUT2D eigenvalue weighted by atomic mass is 10.1. The largest absolute Gasteiger partial charge is 0.462 e. The molecule has 0 amide bonds. The molecule has 8 heteroatoms. The molecule has 3 rings (SSSR count). The molecule has 0 atom stereocenters. The van der Waals surface area contributed by atoms with Crippen LogP contribution in [0.1, 0.15) is 22.8 Å². The molecule has 7 nitrogen and oxygen atoms in total. The van der Waals surface area contributed by atoms with Crippen molar-refractivity contribution >= 4 is 16.0 Å². The minimum absolute atomic E-state index is 0.136. The van der Waals surface area contributed by atoms with E-state index in [0.29, 0.717) is 23.4 Å². The van der Waals surface area contributed by atoms with E-state index >= 15 is 0 Å². The predicted octanol–water partition coefficient (Wildman–Crippen LogP) is 2.67. The number of nitrogens with zero attached hydrogens (tertiary/aromatic N) is 3. The van der Waals surface area contributed by atoms with Crippen molar-refractivity contribution < 1.29 is 17.9 Å². The summed E-state index contributed by atoms with van der Waals surface area (Å²) >= 11 is 0. The fraction of sp³-hybridized carbons (Fsp3) is 0.167. The van der Waals surface area contributed by atoms with Crippen LogP contribution >= 0.6 is 0 Å². The number of carbonyl (C=O) groups excluding carboxylic acids is 1. The van der Waals surface area contributed by atoms with E-state index in [-0.39, 0.29) is 4.90 Å². The van der Waals surface area contributed by atoms with Crippen molar-refractivity contribution in [1.29, 1.82) is 0 Å². The zero-order valence-corrected chi connectivity index (χ0v) is 15.1. The van der Waals surface area contributed by atoms with E-state index in [0.717, 1.165) is 9.65 Å². The van der Waals surface area contributed by atoms with Crippen LogP contribution in [0, 0.1) is 6.92 Å². The van der Waals surface area contributed by atoms with Gasteiger partial charge in [-0.05, 0) is 38.1 Å². The Kier molecular flexibility index (Phi) is 4.85. The molecule has 26 heavy (non-hydrogen) atoms. The molecule has 0 N–H and O–H groups in total. The van der Waals surface area contributed by atoms with E-state index in [9.17, 15) is 13.2 Å². The maximum atomic E-state index is 12.6. The molecule has 1 heterocycles. The Morgan fingerprint density at radius 1 is 1.08 bits per heavy atom. The van der Waals surface area contributed by atoms with Gasteiger partial charge in [0.25, 0.3) is 10.0 Å². The molecular weight excluding hydrogens is 354 g/mol. The third-order valence-electron chi connectivity index (χ3n) is 3.73. The zero-order valence-electron chi connectivity index (χ0n) is 14.3. The average Bonchev–Trinajstić information content (AvgIpc) is 3.13. The van der Waals surface area contributed by atoms with Crippen molar-refractivity contribution in [1.82, 2.24) is 14.4 Å². The molecule has 0 fully saturated rings. The van der Waals surface area contributed by atoms with Crippen LogP contribution in [0.4, 0.5) is 0 Å². The van der Waals surface area contributed by atoms with Crippen molar-refractivity contribution in [3.05, 3.63) is 65.9 Å². The number of aromatic nitrogens is 3. The van der Waals surface area contributed by atoms with Gasteiger partial charge in [0, 0.05) is 5.56 Å². The highest BCUT2D eigenvalue weighted by molar-refractivity contribution is 7.89. The van der Waals surface area contributed by atoms with Crippen LogP contribution < -0.4 is 0 Å². The summed E-state index contributed by atoms with van der Waals surface area (Å²) < 4.78 is 31.0. The van der Waals surface area contributed by atoms with Gasteiger partial charge in [0.15, 0.2) is 0 Å². The maximum Gasteiger partial charge on any atom is 0.338 e. The van der Waals surface area contributed by atoms with E-state index in [1.807, 2.05) is 6.92 Å². The molecule has 0 saturated carbocycles. The molecule has 0 aliphatic carbocycles. The van der Waals surface area contributed by atoms with Gasteiger partial charge in [0.1, 0.15) is 5.69 Å². The van der Waals surface area contributed by atoms with E-state index in [1.54, 1.807) is 43.3 Å². The van der Waals surface area contributed by atoms with Gasteiger partial charge in [-0.3, -0.25) is 0 Å². The highest BCUT2D eigenvalue weighted by atomic mass is 32.2. The first kappa shape index (κ1) is 17.8. The molecule has 1 aromatic heterocycles. The van der Waals surface area contributed by atoms with Crippen LogP contribution in [0.5, 0.6) is 0 Å². The van der Waals surface area contributed by atoms with Crippen molar-refractivity contribution in [3.8, 4) is 11.3 Å². The molecular formula is C18H17N3O4S. The number of carbonyl (C=O) groups is 1. The van der Waals surface area contributed by atoms with Crippen molar-refractivity contribution in [3.63, 3.8) is 0 Å². The van der Waals surface area contributed by atoms with Crippen LogP contribution in [-0.4, -0.2) is 35.4 Å². The Hall–Kier alpha value is -3.00. The summed E-state index contributed by atoms with van der Waals surface area (Å²) in [5, 5.41) is 7.66. The number of ether oxygens (including phenoxy) is 1. The average molecular weight is 371 g/mol. The highest BCUT2D eigenvalue weighted by Gasteiger charge is 2.19. The SMILES string of the molecule is CCOC(=O)c1ccc(-c2cn(S(=O)(=O)c3ccc(C)cc3)nn2)cc1. The first-order valence-electron chi connectivity index (χ1n) is 7.94. The summed E-state index contributed by atoms with van der Waals surface area (Å²) in [5.74, 6) is -0.412. The van der Waals surface area contributed by atoms with Gasteiger partial charge in [-0.2, -0.15) is 8.42 Å². The minimum atomic E-state index is -3.80. The maximum absolute atomic E-state index is 12.6. The molecule has 0 unspecified atom stereocenters. The summed E-state index contributed by atoms with van der Waals surface area (Å²) in [6.07, 6.45) is 1.34. The topological polar surface area (TPSA) is 91.2 Å². The Labute approximate surface area is 151 Å². The van der Waals surface area contributed by atoms with Crippen molar-refractivity contribution in [2.45, 2.75) is 18.7 Å². The van der Waals surface area contributed by atoms with Gasteiger partial charge >= 0.3 is 5.97 Å². The fourth-order valence-electron chi connectivity index (χ4n) is 2.31. The molecule has 0 aliphatic rings. The van der Waals surface area contributed by atoms with Gasteiger partial charge in [-0.1, -0.05) is 35.0 Å². The van der Waals surface area contributed by atoms with E-state index in [2.05, 4.69) is 10.3 Å². The molecule has 0 bridgehead atoms. The Morgan fingerprint density at radius 2 is 1.73 bits per heavy atom. The third-order valence-corrected chi connectivity index (χ3v) is 5.27. The smallest absolute Gasteiger partial charge is 0.338 e. The lowest BCUT2D eigenvalue weighted by Gasteiger charge is -2.03. The molecule has 0 spiro atoms. The van der Waals surface area contributed by atoms with Crippen molar-refractivity contribution in [2.24, 2.45) is 0 Å². The number of aryl methyl sites for hydroxylation is 1. The molecule has 2 aromatic carbocycles. The van der Waals surface area contributed by atoms with E-state index in [4.69, 9.17) is 4.74 Å². The summed E-state index contributed by atoms with van der Waals surface area (Å²) in [6, 6.07) is 13.0. The number of rotatable bonds is 5. The summed E-state index contributed by atoms with van der Waals surface area (Å²) in [5.41, 5.74) is 2.40. The second kappa shape index (κ2) is 7.09. The van der Waals surface area contributed by atoms with Gasteiger partial charge in [-0.15, -0.1) is 9.19 Å². The molecule has 0 radical (unpaired) electrons. The van der Waals surface area contributed by atoms with Gasteiger partial charge in [0.05, 0.1) is 23.3 Å². The normalized spacial score (nSPS) is 11.3. The summed E-state index contributed by atoms with van der Waals surface area (Å²) in [7, 11) is -3.80.